The first-order valence-electron chi connectivity index (χ1n) is 7.04. The van der Waals surface area contributed by atoms with E-state index < -0.39 is 11.7 Å². The molecule has 0 spiro atoms. The number of nitrogens with one attached hydrogen (secondary N) is 1. The van der Waals surface area contributed by atoms with Crippen LogP contribution in [0.3, 0.4) is 0 Å². The number of alkyl halides is 3. The van der Waals surface area contributed by atoms with Crippen LogP contribution in [0.1, 0.15) is 23.7 Å². The zero-order valence-corrected chi connectivity index (χ0v) is 14.5. The van der Waals surface area contributed by atoms with Crippen molar-refractivity contribution in [1.82, 2.24) is 5.32 Å². The van der Waals surface area contributed by atoms with Crippen molar-refractivity contribution in [2.75, 3.05) is 13.6 Å². The highest BCUT2D eigenvalue weighted by molar-refractivity contribution is 5.85. The van der Waals surface area contributed by atoms with Gasteiger partial charge in [-0.05, 0) is 43.4 Å². The summed E-state index contributed by atoms with van der Waals surface area (Å²) in [6, 6.07) is 14.4. The zero-order valence-electron chi connectivity index (χ0n) is 13.6. The summed E-state index contributed by atoms with van der Waals surface area (Å²) in [4.78, 5) is 0. The second-order valence-electron chi connectivity index (χ2n) is 4.93. The molecule has 0 aliphatic carbocycles. The van der Waals surface area contributed by atoms with Crippen molar-refractivity contribution < 1.29 is 28.9 Å². The lowest BCUT2D eigenvalue weighted by Gasteiger charge is -2.20. The Hall–Kier alpha value is -1.80. The van der Waals surface area contributed by atoms with Gasteiger partial charge in [-0.3, -0.25) is 0 Å². The normalized spacial score (nSPS) is 11.4. The van der Waals surface area contributed by atoms with Gasteiger partial charge in [0.25, 0.3) is 0 Å². The summed E-state index contributed by atoms with van der Waals surface area (Å²) in [7, 11) is 1.85. The molecular weight excluding hydrogens is 359 g/mol. The summed E-state index contributed by atoms with van der Waals surface area (Å²) in [5.74, 6) is 0.429. The second kappa shape index (κ2) is 11.7. The fourth-order valence-corrected chi connectivity index (χ4v) is 2.12. The number of ether oxygens (including phenoxy) is 1. The Bertz CT molecular complexity index is 580. The van der Waals surface area contributed by atoms with Crippen LogP contribution in [-0.2, 0) is 6.18 Å². The number of halogens is 4. The molecule has 0 aliphatic rings. The number of benzene rings is 2. The molecule has 0 aliphatic heterocycles. The smallest absolute Gasteiger partial charge is 0.416 e. The van der Waals surface area contributed by atoms with Gasteiger partial charge in [-0.15, -0.1) is 12.4 Å². The van der Waals surface area contributed by atoms with E-state index in [1.807, 2.05) is 37.4 Å². The van der Waals surface area contributed by atoms with Gasteiger partial charge in [-0.2, -0.15) is 13.2 Å². The molecule has 0 radical (unpaired) electrons. The Kier molecular flexibility index (Phi) is 11.9. The van der Waals surface area contributed by atoms with Crippen LogP contribution in [0.2, 0.25) is 0 Å². The fourth-order valence-electron chi connectivity index (χ4n) is 2.12. The second-order valence-corrected chi connectivity index (χ2v) is 4.93. The van der Waals surface area contributed by atoms with Gasteiger partial charge in [0.05, 0.1) is 5.56 Å². The van der Waals surface area contributed by atoms with Crippen molar-refractivity contribution in [1.29, 1.82) is 0 Å². The standard InChI is InChI=1S/C17H18F3NO.ClH.2H2O/c1-21-12-11-16(13-5-3-2-4-6-13)22-15-9-7-14(8-10-15)17(18,19)20;;;/h2-10,16,21H,11-12H2,1H3;1H;2*1H2. The molecule has 2 rings (SSSR count). The lowest BCUT2D eigenvalue weighted by atomic mass is 10.1. The summed E-state index contributed by atoms with van der Waals surface area (Å²) >= 11 is 0. The van der Waals surface area contributed by atoms with Gasteiger partial charge in [0.2, 0.25) is 0 Å². The molecule has 1 unspecified atom stereocenters. The van der Waals surface area contributed by atoms with Crippen LogP contribution >= 0.6 is 12.4 Å². The first-order valence-corrected chi connectivity index (χ1v) is 7.04. The van der Waals surface area contributed by atoms with E-state index in [4.69, 9.17) is 4.74 Å². The monoisotopic (exact) mass is 381 g/mol. The van der Waals surface area contributed by atoms with Gasteiger partial charge in [0.15, 0.2) is 0 Å². The van der Waals surface area contributed by atoms with E-state index in [1.54, 1.807) is 0 Å². The molecule has 0 heterocycles. The van der Waals surface area contributed by atoms with E-state index in [0.29, 0.717) is 5.75 Å². The van der Waals surface area contributed by atoms with E-state index in [0.717, 1.165) is 30.7 Å². The molecule has 0 fully saturated rings. The average molecular weight is 382 g/mol. The first kappa shape index (κ1) is 25.4. The predicted octanol–water partition coefficient (Wildman–Crippen LogP) is 3.21. The van der Waals surface area contributed by atoms with E-state index >= 15 is 0 Å². The Morgan fingerprint density at radius 2 is 1.52 bits per heavy atom. The molecule has 0 amide bonds. The molecular formula is C17H23ClF3NO3. The quantitative estimate of drug-likeness (QED) is 0.833. The van der Waals surface area contributed by atoms with Crippen molar-refractivity contribution in [3.63, 3.8) is 0 Å². The minimum atomic E-state index is -4.33. The van der Waals surface area contributed by atoms with Crippen molar-refractivity contribution in [2.24, 2.45) is 0 Å². The highest BCUT2D eigenvalue weighted by Crippen LogP contribution is 2.31. The third-order valence-electron chi connectivity index (χ3n) is 3.29. The van der Waals surface area contributed by atoms with Crippen LogP contribution in [-0.4, -0.2) is 24.5 Å². The van der Waals surface area contributed by atoms with Gasteiger partial charge in [0, 0.05) is 6.42 Å². The highest BCUT2D eigenvalue weighted by Gasteiger charge is 2.30. The molecule has 1 atom stereocenters. The topological polar surface area (TPSA) is 84.3 Å². The number of rotatable bonds is 6. The van der Waals surface area contributed by atoms with Crippen LogP contribution in [0.5, 0.6) is 5.75 Å². The van der Waals surface area contributed by atoms with Gasteiger partial charge in [-0.25, -0.2) is 0 Å². The predicted molar refractivity (Wildman–Crippen MR) is 94.3 cm³/mol. The Balaban J connectivity index is 0. The van der Waals surface area contributed by atoms with E-state index in [9.17, 15) is 13.2 Å². The molecule has 2 aromatic carbocycles. The SMILES string of the molecule is CNCCC(Oc1ccc(C(F)(F)F)cc1)c1ccccc1.Cl.O.O. The molecule has 25 heavy (non-hydrogen) atoms. The van der Waals surface area contributed by atoms with Gasteiger partial charge < -0.3 is 21.0 Å². The summed E-state index contributed by atoms with van der Waals surface area (Å²) in [6.45, 7) is 0.750. The molecule has 5 N–H and O–H groups in total. The third-order valence-corrected chi connectivity index (χ3v) is 3.29. The van der Waals surface area contributed by atoms with Gasteiger partial charge >= 0.3 is 6.18 Å². The number of hydrogen-bond acceptors (Lipinski definition) is 2. The van der Waals surface area contributed by atoms with E-state index in [-0.39, 0.29) is 29.5 Å². The molecule has 0 aromatic heterocycles. The summed E-state index contributed by atoms with van der Waals surface area (Å²) in [5.41, 5.74) is 0.323. The fraction of sp³-hybridized carbons (Fsp3) is 0.294. The van der Waals surface area contributed by atoms with Crippen LogP contribution in [0.15, 0.2) is 54.6 Å². The van der Waals surface area contributed by atoms with Crippen LogP contribution in [0.4, 0.5) is 13.2 Å². The maximum atomic E-state index is 12.6. The molecule has 0 bridgehead atoms. The van der Waals surface area contributed by atoms with Crippen LogP contribution in [0, 0.1) is 0 Å². The van der Waals surface area contributed by atoms with E-state index in [1.165, 1.54) is 12.1 Å². The molecule has 0 saturated heterocycles. The van der Waals surface area contributed by atoms with Crippen LogP contribution < -0.4 is 10.1 Å². The minimum Gasteiger partial charge on any atom is -0.486 e. The molecule has 2 aromatic rings. The average Bonchev–Trinajstić information content (AvgIpc) is 2.52. The summed E-state index contributed by atoms with van der Waals surface area (Å²) in [6.07, 6.45) is -3.81. The Morgan fingerprint density at radius 3 is 2.00 bits per heavy atom. The molecule has 8 heteroatoms. The lowest BCUT2D eigenvalue weighted by Crippen LogP contribution is -2.16. The minimum absolute atomic E-state index is 0. The maximum Gasteiger partial charge on any atom is 0.416 e. The van der Waals surface area contributed by atoms with Crippen molar-refractivity contribution >= 4 is 12.4 Å². The third kappa shape index (κ3) is 7.74. The molecule has 142 valence electrons. The first-order chi connectivity index (χ1) is 10.5. The Labute approximate surface area is 151 Å². The molecule has 0 saturated carbocycles. The number of hydrogen-bond donors (Lipinski definition) is 1. The van der Waals surface area contributed by atoms with Crippen LogP contribution in [0.25, 0.3) is 0 Å². The lowest BCUT2D eigenvalue weighted by molar-refractivity contribution is -0.137. The van der Waals surface area contributed by atoms with Gasteiger partial charge in [-0.1, -0.05) is 30.3 Å². The maximum absolute atomic E-state index is 12.6. The van der Waals surface area contributed by atoms with Crippen molar-refractivity contribution in [2.45, 2.75) is 18.7 Å². The molecule has 4 nitrogen and oxygen atoms in total. The Morgan fingerprint density at radius 1 is 0.960 bits per heavy atom. The van der Waals surface area contributed by atoms with Gasteiger partial charge in [0.1, 0.15) is 11.9 Å². The summed E-state index contributed by atoms with van der Waals surface area (Å²) in [5, 5.41) is 3.05. The largest absolute Gasteiger partial charge is 0.486 e. The van der Waals surface area contributed by atoms with E-state index in [2.05, 4.69) is 5.32 Å². The summed E-state index contributed by atoms with van der Waals surface area (Å²) < 4.78 is 43.6. The van der Waals surface area contributed by atoms with Crippen molar-refractivity contribution in [3.8, 4) is 5.75 Å². The highest BCUT2D eigenvalue weighted by atomic mass is 35.5. The van der Waals surface area contributed by atoms with Crippen molar-refractivity contribution in [3.05, 3.63) is 65.7 Å². The zero-order chi connectivity index (χ0) is 16.0.